The van der Waals surface area contributed by atoms with Crippen molar-refractivity contribution in [3.8, 4) is 5.75 Å². The van der Waals surface area contributed by atoms with Gasteiger partial charge in [0, 0.05) is 6.61 Å². The topological polar surface area (TPSA) is 27.7 Å². The van der Waals surface area contributed by atoms with Gasteiger partial charge < -0.3 is 14.2 Å². The molecule has 1 heterocycles. The van der Waals surface area contributed by atoms with Crippen LogP contribution in [0.25, 0.3) is 0 Å². The van der Waals surface area contributed by atoms with Crippen molar-refractivity contribution in [2.45, 2.75) is 25.6 Å². The van der Waals surface area contributed by atoms with E-state index in [1.54, 1.807) is 0 Å². The molecule has 1 aromatic rings. The summed E-state index contributed by atoms with van der Waals surface area (Å²) in [6, 6.07) is 7.98. The van der Waals surface area contributed by atoms with E-state index in [2.05, 4.69) is 22.6 Å². The average molecular weight is 348 g/mol. The van der Waals surface area contributed by atoms with E-state index in [4.69, 9.17) is 14.2 Å². The lowest BCUT2D eigenvalue weighted by Gasteiger charge is -2.22. The van der Waals surface area contributed by atoms with Crippen LogP contribution in [0.2, 0.25) is 0 Å². The Morgan fingerprint density at radius 2 is 2.12 bits per heavy atom. The summed E-state index contributed by atoms with van der Waals surface area (Å²) >= 11 is 2.26. The predicted molar refractivity (Wildman–Crippen MR) is 74.2 cm³/mol. The van der Waals surface area contributed by atoms with Gasteiger partial charge in [0.25, 0.3) is 0 Å². The fourth-order valence-corrected chi connectivity index (χ4v) is 2.28. The second-order valence-corrected chi connectivity index (χ2v) is 5.11. The summed E-state index contributed by atoms with van der Waals surface area (Å²) < 4.78 is 17.8. The zero-order chi connectivity index (χ0) is 11.9. The monoisotopic (exact) mass is 348 g/mol. The van der Waals surface area contributed by atoms with Crippen LogP contribution in [0.5, 0.6) is 5.75 Å². The van der Waals surface area contributed by atoms with Crippen molar-refractivity contribution in [2.24, 2.45) is 0 Å². The van der Waals surface area contributed by atoms with Crippen molar-refractivity contribution in [1.29, 1.82) is 0 Å². The number of hydrogen-bond donors (Lipinski definition) is 0. The number of para-hydroxylation sites is 1. The predicted octanol–water partition coefficient (Wildman–Crippen LogP) is 3.21. The standard InChI is InChI=1S/C13H17IO3/c14-11-5-1-2-6-12(11)15-9-10-17-13-7-3-4-8-16-13/h1-2,5-6,13H,3-4,7-10H2/t13-/m1/s1. The molecular formula is C13H17IO3. The third-order valence-electron chi connectivity index (χ3n) is 2.62. The van der Waals surface area contributed by atoms with E-state index in [1.165, 1.54) is 6.42 Å². The van der Waals surface area contributed by atoms with Gasteiger partial charge in [-0.15, -0.1) is 0 Å². The fraction of sp³-hybridized carbons (Fsp3) is 0.538. The molecule has 0 saturated carbocycles. The Balaban J connectivity index is 1.64. The van der Waals surface area contributed by atoms with Crippen LogP contribution in [0.3, 0.4) is 0 Å². The van der Waals surface area contributed by atoms with Crippen molar-refractivity contribution in [3.05, 3.63) is 27.8 Å². The van der Waals surface area contributed by atoms with Crippen LogP contribution in [-0.4, -0.2) is 26.1 Å². The fourth-order valence-electron chi connectivity index (χ4n) is 1.74. The van der Waals surface area contributed by atoms with Crippen molar-refractivity contribution < 1.29 is 14.2 Å². The van der Waals surface area contributed by atoms with E-state index in [9.17, 15) is 0 Å². The molecule has 0 unspecified atom stereocenters. The molecule has 0 spiro atoms. The second-order valence-electron chi connectivity index (χ2n) is 3.95. The van der Waals surface area contributed by atoms with Gasteiger partial charge in [-0.05, 0) is 54.0 Å². The molecule has 1 fully saturated rings. The summed E-state index contributed by atoms with van der Waals surface area (Å²) in [6.07, 6.45) is 3.32. The van der Waals surface area contributed by atoms with Crippen molar-refractivity contribution >= 4 is 22.6 Å². The molecule has 0 bridgehead atoms. The van der Waals surface area contributed by atoms with Crippen LogP contribution in [-0.2, 0) is 9.47 Å². The smallest absolute Gasteiger partial charge is 0.157 e. The van der Waals surface area contributed by atoms with E-state index < -0.39 is 0 Å². The molecule has 1 atom stereocenters. The highest BCUT2D eigenvalue weighted by Gasteiger charge is 2.13. The van der Waals surface area contributed by atoms with Crippen LogP contribution < -0.4 is 4.74 Å². The molecule has 0 radical (unpaired) electrons. The van der Waals surface area contributed by atoms with Gasteiger partial charge in [-0.1, -0.05) is 12.1 Å². The highest BCUT2D eigenvalue weighted by atomic mass is 127. The highest BCUT2D eigenvalue weighted by Crippen LogP contribution is 2.19. The van der Waals surface area contributed by atoms with E-state index in [0.717, 1.165) is 28.8 Å². The molecule has 0 amide bonds. The van der Waals surface area contributed by atoms with Crippen molar-refractivity contribution in [1.82, 2.24) is 0 Å². The van der Waals surface area contributed by atoms with Crippen molar-refractivity contribution in [2.75, 3.05) is 19.8 Å². The molecule has 1 aliphatic rings. The zero-order valence-electron chi connectivity index (χ0n) is 9.73. The molecule has 1 saturated heterocycles. The van der Waals surface area contributed by atoms with Crippen LogP contribution in [0.4, 0.5) is 0 Å². The molecule has 0 N–H and O–H groups in total. The quantitative estimate of drug-likeness (QED) is 0.604. The lowest BCUT2D eigenvalue weighted by atomic mass is 10.2. The van der Waals surface area contributed by atoms with Gasteiger partial charge in [-0.2, -0.15) is 0 Å². The maximum atomic E-state index is 5.64. The largest absolute Gasteiger partial charge is 0.490 e. The van der Waals surface area contributed by atoms with Gasteiger partial charge in [0.1, 0.15) is 12.4 Å². The minimum atomic E-state index is -0.0257. The minimum Gasteiger partial charge on any atom is -0.490 e. The van der Waals surface area contributed by atoms with Gasteiger partial charge in [-0.25, -0.2) is 0 Å². The van der Waals surface area contributed by atoms with Gasteiger partial charge in [0.2, 0.25) is 0 Å². The Morgan fingerprint density at radius 1 is 1.24 bits per heavy atom. The second kappa shape index (κ2) is 7.18. The molecule has 1 aromatic carbocycles. The molecule has 4 heteroatoms. The van der Waals surface area contributed by atoms with E-state index in [0.29, 0.717) is 13.2 Å². The summed E-state index contributed by atoms with van der Waals surface area (Å²) in [5, 5.41) is 0. The molecular weight excluding hydrogens is 331 g/mol. The average Bonchev–Trinajstić information content (AvgIpc) is 2.38. The first-order chi connectivity index (χ1) is 8.36. The number of rotatable bonds is 5. The summed E-state index contributed by atoms with van der Waals surface area (Å²) in [6.45, 7) is 1.97. The Morgan fingerprint density at radius 3 is 2.88 bits per heavy atom. The molecule has 0 aromatic heterocycles. The van der Waals surface area contributed by atoms with E-state index >= 15 is 0 Å². The number of ether oxygens (including phenoxy) is 3. The summed E-state index contributed by atoms with van der Waals surface area (Å²) in [7, 11) is 0. The maximum absolute atomic E-state index is 5.64. The maximum Gasteiger partial charge on any atom is 0.157 e. The third-order valence-corrected chi connectivity index (χ3v) is 3.51. The summed E-state index contributed by atoms with van der Waals surface area (Å²) in [4.78, 5) is 0. The summed E-state index contributed by atoms with van der Waals surface area (Å²) in [5.74, 6) is 0.918. The molecule has 17 heavy (non-hydrogen) atoms. The molecule has 1 aliphatic heterocycles. The van der Waals surface area contributed by atoms with E-state index in [-0.39, 0.29) is 6.29 Å². The zero-order valence-corrected chi connectivity index (χ0v) is 11.9. The van der Waals surface area contributed by atoms with Gasteiger partial charge >= 0.3 is 0 Å². The summed E-state index contributed by atoms with van der Waals surface area (Å²) in [5.41, 5.74) is 0. The first kappa shape index (κ1) is 13.1. The lowest BCUT2D eigenvalue weighted by Crippen LogP contribution is -2.24. The minimum absolute atomic E-state index is 0.0257. The highest BCUT2D eigenvalue weighted by molar-refractivity contribution is 14.1. The Labute approximate surface area is 116 Å². The Kier molecular flexibility index (Phi) is 5.54. The Hall–Kier alpha value is -0.330. The molecule has 2 rings (SSSR count). The Bertz CT molecular complexity index is 337. The van der Waals surface area contributed by atoms with Crippen LogP contribution >= 0.6 is 22.6 Å². The number of hydrogen-bond acceptors (Lipinski definition) is 3. The van der Waals surface area contributed by atoms with Crippen molar-refractivity contribution in [3.63, 3.8) is 0 Å². The van der Waals surface area contributed by atoms with Crippen LogP contribution in [0.15, 0.2) is 24.3 Å². The van der Waals surface area contributed by atoms with Gasteiger partial charge in [-0.3, -0.25) is 0 Å². The first-order valence-electron chi connectivity index (χ1n) is 5.97. The molecule has 3 nitrogen and oxygen atoms in total. The van der Waals surface area contributed by atoms with E-state index in [1.807, 2.05) is 24.3 Å². The van der Waals surface area contributed by atoms with Gasteiger partial charge in [0.05, 0.1) is 10.2 Å². The lowest BCUT2D eigenvalue weighted by molar-refractivity contribution is -0.165. The molecule has 0 aliphatic carbocycles. The van der Waals surface area contributed by atoms with Crippen LogP contribution in [0.1, 0.15) is 19.3 Å². The van der Waals surface area contributed by atoms with Crippen LogP contribution in [0, 0.1) is 3.57 Å². The first-order valence-corrected chi connectivity index (χ1v) is 7.04. The molecule has 94 valence electrons. The number of halogens is 1. The third kappa shape index (κ3) is 4.44. The normalized spacial score (nSPS) is 20.2. The SMILES string of the molecule is Ic1ccccc1OCCO[C@@H]1CCCCO1. The van der Waals surface area contributed by atoms with Gasteiger partial charge in [0.15, 0.2) is 6.29 Å². The number of benzene rings is 1.